The fraction of sp³-hybridized carbons (Fsp3) is 0.889. The SMILES string of the molecule is O=C(CCC1CCNCC1)NC1CC(=O)N(C2CCCCC2)C1. The molecule has 3 rings (SSSR count). The molecule has 0 spiro atoms. The van der Waals surface area contributed by atoms with E-state index in [-0.39, 0.29) is 17.9 Å². The number of nitrogens with zero attached hydrogens (tertiary/aromatic N) is 1. The first-order valence-corrected chi connectivity index (χ1v) is 9.52. The highest BCUT2D eigenvalue weighted by atomic mass is 16.2. The van der Waals surface area contributed by atoms with Gasteiger partial charge in [-0.2, -0.15) is 0 Å². The number of hydrogen-bond acceptors (Lipinski definition) is 3. The van der Waals surface area contributed by atoms with Crippen LogP contribution in [0, 0.1) is 5.92 Å². The van der Waals surface area contributed by atoms with Crippen LogP contribution in [0.5, 0.6) is 0 Å². The van der Waals surface area contributed by atoms with Gasteiger partial charge in [0, 0.05) is 25.4 Å². The Morgan fingerprint density at radius 1 is 1.13 bits per heavy atom. The number of carbonyl (C=O) groups excluding carboxylic acids is 2. The lowest BCUT2D eigenvalue weighted by Crippen LogP contribution is -2.41. The maximum Gasteiger partial charge on any atom is 0.225 e. The molecule has 0 aromatic carbocycles. The van der Waals surface area contributed by atoms with Crippen LogP contribution in [-0.4, -0.2) is 48.4 Å². The van der Waals surface area contributed by atoms with Crippen molar-refractivity contribution in [3.8, 4) is 0 Å². The molecule has 1 unspecified atom stereocenters. The van der Waals surface area contributed by atoms with Crippen molar-refractivity contribution in [3.63, 3.8) is 0 Å². The fourth-order valence-electron chi connectivity index (χ4n) is 4.38. The fourth-order valence-corrected chi connectivity index (χ4v) is 4.38. The molecule has 23 heavy (non-hydrogen) atoms. The van der Waals surface area contributed by atoms with E-state index < -0.39 is 0 Å². The summed E-state index contributed by atoms with van der Waals surface area (Å²) in [6.45, 7) is 2.89. The average Bonchev–Trinajstić information content (AvgIpc) is 2.95. The number of likely N-dealkylation sites (tertiary alicyclic amines) is 1. The number of carbonyl (C=O) groups is 2. The minimum absolute atomic E-state index is 0.0324. The van der Waals surface area contributed by atoms with E-state index in [9.17, 15) is 9.59 Å². The minimum atomic E-state index is 0.0324. The molecule has 3 aliphatic rings. The molecule has 1 aliphatic carbocycles. The van der Waals surface area contributed by atoms with E-state index in [4.69, 9.17) is 0 Å². The Morgan fingerprint density at radius 3 is 2.61 bits per heavy atom. The summed E-state index contributed by atoms with van der Waals surface area (Å²) in [6, 6.07) is 0.456. The third-order valence-corrected chi connectivity index (χ3v) is 5.78. The van der Waals surface area contributed by atoms with Gasteiger partial charge in [0.1, 0.15) is 0 Å². The Morgan fingerprint density at radius 2 is 1.87 bits per heavy atom. The number of hydrogen-bond donors (Lipinski definition) is 2. The van der Waals surface area contributed by atoms with Gasteiger partial charge in [-0.25, -0.2) is 0 Å². The molecule has 3 fully saturated rings. The lowest BCUT2D eigenvalue weighted by Gasteiger charge is -2.31. The van der Waals surface area contributed by atoms with Gasteiger partial charge in [0.25, 0.3) is 0 Å². The molecule has 0 aromatic rings. The molecule has 2 N–H and O–H groups in total. The summed E-state index contributed by atoms with van der Waals surface area (Å²) in [5, 5.41) is 6.46. The summed E-state index contributed by atoms with van der Waals surface area (Å²) in [5.41, 5.74) is 0. The van der Waals surface area contributed by atoms with Crippen LogP contribution in [0.25, 0.3) is 0 Å². The van der Waals surface area contributed by atoms with E-state index in [1.807, 2.05) is 4.90 Å². The van der Waals surface area contributed by atoms with Gasteiger partial charge in [-0.1, -0.05) is 19.3 Å². The Hall–Kier alpha value is -1.10. The lowest BCUT2D eigenvalue weighted by molar-refractivity contribution is -0.130. The van der Waals surface area contributed by atoms with Crippen molar-refractivity contribution in [1.82, 2.24) is 15.5 Å². The van der Waals surface area contributed by atoms with E-state index in [0.717, 1.165) is 38.9 Å². The highest BCUT2D eigenvalue weighted by molar-refractivity contribution is 5.82. The minimum Gasteiger partial charge on any atom is -0.351 e. The van der Waals surface area contributed by atoms with E-state index in [1.54, 1.807) is 0 Å². The molecule has 0 radical (unpaired) electrons. The Kier molecular flexibility index (Phi) is 5.92. The first-order valence-electron chi connectivity index (χ1n) is 9.52. The second-order valence-electron chi connectivity index (χ2n) is 7.54. The van der Waals surface area contributed by atoms with E-state index >= 15 is 0 Å². The highest BCUT2D eigenvalue weighted by Gasteiger charge is 2.35. The van der Waals surface area contributed by atoms with Gasteiger partial charge in [0.15, 0.2) is 0 Å². The average molecular weight is 321 g/mol. The summed E-state index contributed by atoms with van der Waals surface area (Å²) in [5.74, 6) is 1.05. The van der Waals surface area contributed by atoms with Gasteiger partial charge in [-0.05, 0) is 51.1 Å². The largest absolute Gasteiger partial charge is 0.351 e. The topological polar surface area (TPSA) is 61.4 Å². The molecule has 2 saturated heterocycles. The van der Waals surface area contributed by atoms with Crippen molar-refractivity contribution < 1.29 is 9.59 Å². The van der Waals surface area contributed by atoms with Gasteiger partial charge in [0.2, 0.25) is 11.8 Å². The molecule has 2 amide bonds. The second-order valence-corrected chi connectivity index (χ2v) is 7.54. The highest BCUT2D eigenvalue weighted by Crippen LogP contribution is 2.26. The van der Waals surface area contributed by atoms with Gasteiger partial charge < -0.3 is 15.5 Å². The Balaban J connectivity index is 1.39. The van der Waals surface area contributed by atoms with Gasteiger partial charge in [-0.3, -0.25) is 9.59 Å². The summed E-state index contributed by atoms with van der Waals surface area (Å²) >= 11 is 0. The molecule has 1 atom stereocenters. The second kappa shape index (κ2) is 8.13. The van der Waals surface area contributed by atoms with Crippen LogP contribution < -0.4 is 10.6 Å². The predicted octanol–water partition coefficient (Wildman–Crippen LogP) is 1.82. The third kappa shape index (κ3) is 4.69. The maximum absolute atomic E-state index is 12.2. The summed E-state index contributed by atoms with van der Waals surface area (Å²) < 4.78 is 0. The van der Waals surface area contributed by atoms with Crippen molar-refractivity contribution >= 4 is 11.8 Å². The summed E-state index contributed by atoms with van der Waals surface area (Å²) in [6.07, 6.45) is 10.5. The van der Waals surface area contributed by atoms with Gasteiger partial charge >= 0.3 is 0 Å². The number of amides is 2. The van der Waals surface area contributed by atoms with Crippen LogP contribution in [0.2, 0.25) is 0 Å². The monoisotopic (exact) mass is 321 g/mol. The van der Waals surface area contributed by atoms with E-state index in [1.165, 1.54) is 32.1 Å². The quantitative estimate of drug-likeness (QED) is 0.812. The van der Waals surface area contributed by atoms with E-state index in [2.05, 4.69) is 10.6 Å². The van der Waals surface area contributed by atoms with Crippen LogP contribution in [-0.2, 0) is 9.59 Å². The van der Waals surface area contributed by atoms with Gasteiger partial charge in [-0.15, -0.1) is 0 Å². The lowest BCUT2D eigenvalue weighted by atomic mass is 9.93. The summed E-state index contributed by atoms with van der Waals surface area (Å²) in [7, 11) is 0. The zero-order chi connectivity index (χ0) is 16.1. The molecule has 0 aromatic heterocycles. The maximum atomic E-state index is 12.2. The van der Waals surface area contributed by atoms with Crippen molar-refractivity contribution in [1.29, 1.82) is 0 Å². The smallest absolute Gasteiger partial charge is 0.225 e. The van der Waals surface area contributed by atoms with Crippen LogP contribution >= 0.6 is 0 Å². The normalized spacial score (nSPS) is 27.4. The van der Waals surface area contributed by atoms with Crippen molar-refractivity contribution in [2.24, 2.45) is 5.92 Å². The van der Waals surface area contributed by atoms with Crippen LogP contribution in [0.3, 0.4) is 0 Å². The van der Waals surface area contributed by atoms with Crippen LogP contribution in [0.4, 0.5) is 0 Å². The van der Waals surface area contributed by atoms with Crippen molar-refractivity contribution in [3.05, 3.63) is 0 Å². The Labute approximate surface area is 139 Å². The molecule has 2 aliphatic heterocycles. The number of piperidine rings is 1. The molecular weight excluding hydrogens is 290 g/mol. The Bertz CT molecular complexity index is 414. The third-order valence-electron chi connectivity index (χ3n) is 5.78. The zero-order valence-electron chi connectivity index (χ0n) is 14.2. The first kappa shape index (κ1) is 16.7. The molecule has 1 saturated carbocycles. The first-order chi connectivity index (χ1) is 11.2. The number of rotatable bonds is 5. The standard InChI is InChI=1S/C18H31N3O2/c22-17(7-6-14-8-10-19-11-9-14)20-15-12-18(23)21(13-15)16-4-2-1-3-5-16/h14-16,19H,1-13H2,(H,20,22). The molecule has 5 nitrogen and oxygen atoms in total. The molecule has 0 bridgehead atoms. The molecule has 130 valence electrons. The summed E-state index contributed by atoms with van der Waals surface area (Å²) in [4.78, 5) is 26.5. The van der Waals surface area contributed by atoms with Crippen molar-refractivity contribution in [2.45, 2.75) is 76.3 Å². The van der Waals surface area contributed by atoms with Crippen LogP contribution in [0.15, 0.2) is 0 Å². The van der Waals surface area contributed by atoms with E-state index in [0.29, 0.717) is 24.8 Å². The molecule has 2 heterocycles. The zero-order valence-corrected chi connectivity index (χ0v) is 14.2. The van der Waals surface area contributed by atoms with Crippen LogP contribution in [0.1, 0.15) is 64.2 Å². The molecular formula is C18H31N3O2. The van der Waals surface area contributed by atoms with Crippen molar-refractivity contribution in [2.75, 3.05) is 19.6 Å². The molecule has 5 heteroatoms. The predicted molar refractivity (Wildman–Crippen MR) is 90.0 cm³/mol. The van der Waals surface area contributed by atoms with Gasteiger partial charge in [0.05, 0.1) is 6.04 Å². The number of nitrogens with one attached hydrogen (secondary N) is 2.